The molecule has 0 N–H and O–H groups in total. The first-order chi connectivity index (χ1) is 6.77. The molecule has 14 heavy (non-hydrogen) atoms. The zero-order valence-corrected chi connectivity index (χ0v) is 10.1. The highest BCUT2D eigenvalue weighted by Gasteiger charge is 2.08. The lowest BCUT2D eigenvalue weighted by Crippen LogP contribution is -1.82. The summed E-state index contributed by atoms with van der Waals surface area (Å²) >= 11 is 3.18. The summed E-state index contributed by atoms with van der Waals surface area (Å²) in [4.78, 5) is 16.1. The Hall–Kier alpha value is -0.750. The lowest BCUT2D eigenvalue weighted by atomic mass is 10.2. The van der Waals surface area contributed by atoms with Gasteiger partial charge in [-0.05, 0) is 5.56 Å². The van der Waals surface area contributed by atoms with Crippen molar-refractivity contribution in [3.63, 3.8) is 0 Å². The van der Waals surface area contributed by atoms with Gasteiger partial charge >= 0.3 is 0 Å². The van der Waals surface area contributed by atoms with E-state index in [0.29, 0.717) is 5.01 Å². The Morgan fingerprint density at radius 3 is 2.57 bits per heavy atom. The van der Waals surface area contributed by atoms with Crippen LogP contribution in [0.3, 0.4) is 0 Å². The van der Waals surface area contributed by atoms with Crippen molar-refractivity contribution in [3.8, 4) is 10.4 Å². The maximum absolute atomic E-state index is 11.0. The Morgan fingerprint density at radius 1 is 1.29 bits per heavy atom. The first kappa shape index (κ1) is 9.79. The molecule has 0 fully saturated rings. The number of aromatic nitrogens is 1. The molecule has 0 aliphatic carbocycles. The molecule has 0 unspecified atom stereocenters. The fourth-order valence-electron chi connectivity index (χ4n) is 1.10. The van der Waals surface area contributed by atoms with Crippen LogP contribution in [0.2, 0.25) is 0 Å². The number of nitrogens with zero attached hydrogens (tertiary/aromatic N) is 1. The number of carbonyl (C=O) groups excluding carboxylic acids is 1. The molecule has 0 amide bonds. The predicted molar refractivity (Wildman–Crippen MR) is 65.9 cm³/mol. The van der Waals surface area contributed by atoms with Crippen molar-refractivity contribution in [2.45, 2.75) is 0 Å². The topological polar surface area (TPSA) is 30.0 Å². The quantitative estimate of drug-likeness (QED) is 0.628. The molecular weight excluding hydrogens is 309 g/mol. The third-order valence-electron chi connectivity index (χ3n) is 1.73. The second-order valence-electron chi connectivity index (χ2n) is 2.67. The van der Waals surface area contributed by atoms with Crippen molar-refractivity contribution in [2.24, 2.45) is 0 Å². The van der Waals surface area contributed by atoms with Gasteiger partial charge in [0, 0.05) is 28.8 Å². The van der Waals surface area contributed by atoms with Gasteiger partial charge in [0.2, 0.25) is 0 Å². The fourth-order valence-corrected chi connectivity index (χ4v) is 2.32. The number of carbonyl (C=O) groups is 1. The van der Waals surface area contributed by atoms with Gasteiger partial charge in [-0.3, -0.25) is 4.79 Å². The van der Waals surface area contributed by atoms with Crippen LogP contribution in [0.25, 0.3) is 10.4 Å². The summed E-state index contributed by atoms with van der Waals surface area (Å²) in [5.74, 6) is 0. The van der Waals surface area contributed by atoms with Crippen molar-refractivity contribution >= 4 is 37.7 Å². The largest absolute Gasteiger partial charge is 0.279 e. The highest BCUT2D eigenvalue weighted by molar-refractivity contribution is 14.1. The Labute approximate surface area is 99.1 Å². The van der Waals surface area contributed by atoms with Gasteiger partial charge in [0.1, 0.15) is 0 Å². The molecule has 2 aromatic rings. The van der Waals surface area contributed by atoms with Gasteiger partial charge in [-0.25, -0.2) is 4.98 Å². The number of thiazole rings is 1. The zero-order valence-electron chi connectivity index (χ0n) is 7.11. The summed E-state index contributed by atoms with van der Waals surface area (Å²) in [6.45, 7) is 0. The highest BCUT2D eigenvalue weighted by Crippen LogP contribution is 2.26. The Balaban J connectivity index is 2.39. The summed E-state index contributed by atoms with van der Waals surface area (Å²) in [5, 5.41) is 0.560. The van der Waals surface area contributed by atoms with E-state index in [1.807, 2.05) is 30.3 Å². The molecule has 0 aliphatic rings. The van der Waals surface area contributed by atoms with Crippen LogP contribution in [0, 0.1) is 0 Å². The minimum Gasteiger partial charge on any atom is -0.279 e. The minimum atomic E-state index is -0.00483. The van der Waals surface area contributed by atoms with Gasteiger partial charge in [-0.2, -0.15) is 0 Å². The minimum absolute atomic E-state index is 0.00483. The van der Waals surface area contributed by atoms with Crippen LogP contribution in [0.5, 0.6) is 0 Å². The first-order valence-electron chi connectivity index (χ1n) is 3.98. The molecule has 0 atom stereocenters. The monoisotopic (exact) mass is 315 g/mol. The Morgan fingerprint density at radius 2 is 2.00 bits per heavy atom. The average molecular weight is 315 g/mol. The smallest absolute Gasteiger partial charge is 0.250 e. The van der Waals surface area contributed by atoms with Crippen molar-refractivity contribution in [1.82, 2.24) is 4.98 Å². The summed E-state index contributed by atoms with van der Waals surface area (Å²) in [7, 11) is 0. The second kappa shape index (κ2) is 4.18. The van der Waals surface area contributed by atoms with Gasteiger partial charge in [-0.15, -0.1) is 11.3 Å². The summed E-state index contributed by atoms with van der Waals surface area (Å²) in [6, 6.07) is 9.93. The highest BCUT2D eigenvalue weighted by atomic mass is 127. The molecule has 1 heterocycles. The molecular formula is C10H6INOS. The van der Waals surface area contributed by atoms with E-state index < -0.39 is 0 Å². The third kappa shape index (κ3) is 2.01. The molecule has 0 saturated heterocycles. The van der Waals surface area contributed by atoms with E-state index in [4.69, 9.17) is 0 Å². The van der Waals surface area contributed by atoms with Gasteiger partial charge < -0.3 is 0 Å². The molecule has 0 spiro atoms. The standard InChI is InChI=1S/C10H6INOS/c11-9(13)10-12-6-8(14-10)7-4-2-1-3-5-7/h1-6H. The normalized spacial score (nSPS) is 10.1. The molecule has 1 aromatic carbocycles. The number of halogens is 1. The van der Waals surface area contributed by atoms with E-state index in [2.05, 4.69) is 4.98 Å². The van der Waals surface area contributed by atoms with E-state index in [1.54, 1.807) is 28.8 Å². The van der Waals surface area contributed by atoms with Gasteiger partial charge in [0.15, 0.2) is 5.01 Å². The Kier molecular flexibility index (Phi) is 2.93. The van der Waals surface area contributed by atoms with Gasteiger partial charge in [-0.1, -0.05) is 30.3 Å². The number of benzene rings is 1. The van der Waals surface area contributed by atoms with Gasteiger partial charge in [0.25, 0.3) is 3.79 Å². The molecule has 0 saturated carbocycles. The van der Waals surface area contributed by atoms with E-state index in [1.165, 1.54) is 11.3 Å². The fraction of sp³-hybridized carbons (Fsp3) is 0. The maximum atomic E-state index is 11.0. The van der Waals surface area contributed by atoms with Crippen molar-refractivity contribution in [1.29, 1.82) is 0 Å². The van der Waals surface area contributed by atoms with Crippen LogP contribution in [0.4, 0.5) is 0 Å². The SMILES string of the molecule is O=C(I)c1ncc(-c2ccccc2)s1. The van der Waals surface area contributed by atoms with Crippen LogP contribution < -0.4 is 0 Å². The molecule has 0 radical (unpaired) electrons. The van der Waals surface area contributed by atoms with Crippen LogP contribution >= 0.6 is 33.9 Å². The molecule has 1 aromatic heterocycles. The van der Waals surface area contributed by atoms with E-state index in [9.17, 15) is 4.79 Å². The van der Waals surface area contributed by atoms with E-state index in [0.717, 1.165) is 10.4 Å². The first-order valence-corrected chi connectivity index (χ1v) is 5.88. The molecule has 2 nitrogen and oxygen atoms in total. The third-order valence-corrected chi connectivity index (χ3v) is 3.65. The van der Waals surface area contributed by atoms with Gasteiger partial charge in [0.05, 0.1) is 4.88 Å². The average Bonchev–Trinajstić information content (AvgIpc) is 2.68. The molecule has 2 rings (SSSR count). The van der Waals surface area contributed by atoms with Crippen LogP contribution in [-0.4, -0.2) is 8.77 Å². The van der Waals surface area contributed by atoms with Crippen LogP contribution in [0.15, 0.2) is 36.5 Å². The molecule has 0 bridgehead atoms. The van der Waals surface area contributed by atoms with Crippen molar-refractivity contribution in [2.75, 3.05) is 0 Å². The van der Waals surface area contributed by atoms with Crippen molar-refractivity contribution in [3.05, 3.63) is 41.5 Å². The molecule has 0 aliphatic heterocycles. The predicted octanol–water partition coefficient (Wildman–Crippen LogP) is 3.39. The number of rotatable bonds is 2. The number of hydrogen-bond acceptors (Lipinski definition) is 3. The second-order valence-corrected chi connectivity index (χ2v) is 4.68. The van der Waals surface area contributed by atoms with Crippen LogP contribution in [-0.2, 0) is 0 Å². The lowest BCUT2D eigenvalue weighted by molar-refractivity contribution is 0.110. The number of hydrogen-bond donors (Lipinski definition) is 0. The molecule has 70 valence electrons. The summed E-state index contributed by atoms with van der Waals surface area (Å²) in [5.41, 5.74) is 1.11. The summed E-state index contributed by atoms with van der Waals surface area (Å²) < 4.78 is -0.00483. The van der Waals surface area contributed by atoms with E-state index in [-0.39, 0.29) is 3.79 Å². The zero-order chi connectivity index (χ0) is 9.97. The lowest BCUT2D eigenvalue weighted by Gasteiger charge is -1.92. The molecule has 4 heteroatoms. The maximum Gasteiger partial charge on any atom is 0.250 e. The Bertz CT molecular complexity index is 452. The van der Waals surface area contributed by atoms with Crippen LogP contribution in [0.1, 0.15) is 9.80 Å². The van der Waals surface area contributed by atoms with Crippen molar-refractivity contribution < 1.29 is 4.79 Å². The summed E-state index contributed by atoms with van der Waals surface area (Å²) in [6.07, 6.45) is 1.74. The van der Waals surface area contributed by atoms with E-state index >= 15 is 0 Å².